The Labute approximate surface area is 137 Å². The molecule has 0 aliphatic carbocycles. The van der Waals surface area contributed by atoms with Crippen molar-refractivity contribution in [1.29, 1.82) is 0 Å². The zero-order valence-corrected chi connectivity index (χ0v) is 14.6. The lowest BCUT2D eigenvalue weighted by Crippen LogP contribution is -2.50. The van der Waals surface area contributed by atoms with Gasteiger partial charge < -0.3 is 5.32 Å². The summed E-state index contributed by atoms with van der Waals surface area (Å²) in [5.74, 6) is 0.0194. The van der Waals surface area contributed by atoms with Crippen molar-refractivity contribution in [3.05, 3.63) is 23.9 Å². The quantitative estimate of drug-likeness (QED) is 0.878. The highest BCUT2D eigenvalue weighted by molar-refractivity contribution is 7.86. The van der Waals surface area contributed by atoms with Crippen LogP contribution in [0.3, 0.4) is 0 Å². The predicted molar refractivity (Wildman–Crippen MR) is 89.2 cm³/mol. The van der Waals surface area contributed by atoms with E-state index in [1.54, 1.807) is 12.1 Å². The molecule has 1 aliphatic rings. The highest BCUT2D eigenvalue weighted by Crippen LogP contribution is 2.21. The summed E-state index contributed by atoms with van der Waals surface area (Å²) >= 11 is 0. The van der Waals surface area contributed by atoms with E-state index in [-0.39, 0.29) is 12.6 Å². The van der Waals surface area contributed by atoms with E-state index < -0.39 is 16.1 Å². The average Bonchev–Trinajstić information content (AvgIpc) is 2.47. The molecule has 1 N–H and O–H groups in total. The van der Waals surface area contributed by atoms with Crippen LogP contribution in [0.2, 0.25) is 0 Å². The van der Waals surface area contributed by atoms with Crippen molar-refractivity contribution in [2.24, 2.45) is 0 Å². The Balaban J connectivity index is 1.99. The number of nitrogens with zero attached hydrogens (tertiary/aromatic N) is 3. The molecule has 1 aromatic heterocycles. The molecule has 0 spiro atoms. The molecule has 2 rings (SSSR count). The van der Waals surface area contributed by atoms with E-state index in [1.807, 2.05) is 19.9 Å². The van der Waals surface area contributed by atoms with Gasteiger partial charge in [0.25, 0.3) is 10.2 Å². The third kappa shape index (κ3) is 4.49. The molecule has 2 heterocycles. The summed E-state index contributed by atoms with van der Waals surface area (Å²) in [5, 5.41) is 2.63. The second-order valence-electron chi connectivity index (χ2n) is 5.93. The van der Waals surface area contributed by atoms with Gasteiger partial charge in [0.15, 0.2) is 0 Å². The first kappa shape index (κ1) is 17.8. The molecule has 8 heteroatoms. The van der Waals surface area contributed by atoms with E-state index in [1.165, 1.54) is 11.4 Å². The van der Waals surface area contributed by atoms with Gasteiger partial charge in [0.2, 0.25) is 5.91 Å². The SMILES string of the molecule is Cc1cccc(NC(=O)CN(C)S(=O)(=O)N2CCCC[C@@H]2C)n1. The zero-order chi connectivity index (χ0) is 17.0. The fourth-order valence-electron chi connectivity index (χ4n) is 2.67. The molecule has 0 unspecified atom stereocenters. The summed E-state index contributed by atoms with van der Waals surface area (Å²) < 4.78 is 27.8. The van der Waals surface area contributed by atoms with Crippen LogP contribution in [0.5, 0.6) is 0 Å². The number of pyridine rings is 1. The Hall–Kier alpha value is -1.51. The molecule has 7 nitrogen and oxygen atoms in total. The van der Waals surface area contributed by atoms with E-state index in [0.29, 0.717) is 12.4 Å². The maximum absolute atomic E-state index is 12.6. The smallest absolute Gasteiger partial charge is 0.282 e. The van der Waals surface area contributed by atoms with E-state index in [4.69, 9.17) is 0 Å². The number of aryl methyl sites for hydroxylation is 1. The van der Waals surface area contributed by atoms with Gasteiger partial charge in [-0.2, -0.15) is 17.0 Å². The van der Waals surface area contributed by atoms with Crippen molar-refractivity contribution in [1.82, 2.24) is 13.6 Å². The van der Waals surface area contributed by atoms with Crippen LogP contribution in [0.4, 0.5) is 5.82 Å². The van der Waals surface area contributed by atoms with Crippen molar-refractivity contribution in [3.8, 4) is 0 Å². The van der Waals surface area contributed by atoms with Crippen LogP contribution in [0.15, 0.2) is 18.2 Å². The van der Waals surface area contributed by atoms with E-state index in [9.17, 15) is 13.2 Å². The predicted octanol–water partition coefficient (Wildman–Crippen LogP) is 1.38. The van der Waals surface area contributed by atoms with E-state index in [0.717, 1.165) is 29.3 Å². The molecule has 23 heavy (non-hydrogen) atoms. The molecule has 1 fully saturated rings. The Morgan fingerprint density at radius 1 is 1.43 bits per heavy atom. The van der Waals surface area contributed by atoms with Crippen molar-refractivity contribution in [2.45, 2.75) is 39.2 Å². The van der Waals surface area contributed by atoms with E-state index in [2.05, 4.69) is 10.3 Å². The molecule has 1 saturated heterocycles. The lowest BCUT2D eigenvalue weighted by molar-refractivity contribution is -0.116. The van der Waals surface area contributed by atoms with Crippen LogP contribution in [0.25, 0.3) is 0 Å². The Morgan fingerprint density at radius 2 is 2.17 bits per heavy atom. The number of amides is 1. The van der Waals surface area contributed by atoms with Gasteiger partial charge in [-0.05, 0) is 38.8 Å². The summed E-state index contributed by atoms with van der Waals surface area (Å²) in [7, 11) is -2.19. The van der Waals surface area contributed by atoms with Crippen LogP contribution < -0.4 is 5.32 Å². The lowest BCUT2D eigenvalue weighted by atomic mass is 10.1. The zero-order valence-electron chi connectivity index (χ0n) is 13.8. The van der Waals surface area contributed by atoms with Crippen molar-refractivity contribution in [3.63, 3.8) is 0 Å². The number of carbonyl (C=O) groups is 1. The molecule has 1 atom stereocenters. The van der Waals surface area contributed by atoms with Gasteiger partial charge in [-0.1, -0.05) is 12.5 Å². The molecule has 128 valence electrons. The molecule has 0 bridgehead atoms. The summed E-state index contributed by atoms with van der Waals surface area (Å²) in [6, 6.07) is 5.25. The highest BCUT2D eigenvalue weighted by atomic mass is 32.2. The van der Waals surface area contributed by atoms with Crippen molar-refractivity contribution < 1.29 is 13.2 Å². The van der Waals surface area contributed by atoms with Crippen molar-refractivity contribution in [2.75, 3.05) is 25.5 Å². The minimum absolute atomic E-state index is 0.0299. The highest BCUT2D eigenvalue weighted by Gasteiger charge is 2.33. The normalized spacial score (nSPS) is 19.7. The number of piperidine rings is 1. The number of carbonyl (C=O) groups excluding carboxylic acids is 1. The number of hydrogen-bond donors (Lipinski definition) is 1. The third-order valence-corrected chi connectivity index (χ3v) is 6.01. The van der Waals surface area contributed by atoms with Crippen LogP contribution in [0.1, 0.15) is 31.9 Å². The standard InChI is InChI=1S/C15H24N4O3S/c1-12-7-6-9-14(16-12)17-15(20)11-18(3)23(21,22)19-10-5-4-8-13(19)2/h6-7,9,13H,4-5,8,10-11H2,1-3H3,(H,16,17,20)/t13-/m0/s1. The molecule has 1 aromatic rings. The molecule has 1 aliphatic heterocycles. The largest absolute Gasteiger partial charge is 0.310 e. The molecule has 0 saturated carbocycles. The molecule has 1 amide bonds. The van der Waals surface area contributed by atoms with E-state index >= 15 is 0 Å². The van der Waals surface area contributed by atoms with Crippen LogP contribution in [-0.2, 0) is 15.0 Å². The third-order valence-electron chi connectivity index (χ3n) is 3.95. The lowest BCUT2D eigenvalue weighted by Gasteiger charge is -2.34. The number of hydrogen-bond acceptors (Lipinski definition) is 4. The van der Waals surface area contributed by atoms with Crippen LogP contribution in [0, 0.1) is 6.92 Å². The Bertz CT molecular complexity index is 662. The topological polar surface area (TPSA) is 82.6 Å². The van der Waals surface area contributed by atoms with Gasteiger partial charge in [0.1, 0.15) is 5.82 Å². The van der Waals surface area contributed by atoms with Gasteiger partial charge in [-0.3, -0.25) is 4.79 Å². The number of likely N-dealkylation sites (N-methyl/N-ethyl adjacent to an activating group) is 1. The number of anilines is 1. The maximum Gasteiger partial charge on any atom is 0.282 e. The van der Waals surface area contributed by atoms with Crippen molar-refractivity contribution >= 4 is 21.9 Å². The average molecular weight is 340 g/mol. The monoisotopic (exact) mass is 340 g/mol. The molecular weight excluding hydrogens is 316 g/mol. The summed E-state index contributed by atoms with van der Waals surface area (Å²) in [6.45, 7) is 4.00. The van der Waals surface area contributed by atoms with Gasteiger partial charge >= 0.3 is 0 Å². The molecule has 0 radical (unpaired) electrons. The van der Waals surface area contributed by atoms with Gasteiger partial charge in [-0.25, -0.2) is 4.98 Å². The Kier molecular flexibility index (Phi) is 5.72. The van der Waals surface area contributed by atoms with Crippen LogP contribution in [-0.4, -0.2) is 54.1 Å². The van der Waals surface area contributed by atoms with Gasteiger partial charge in [0, 0.05) is 25.3 Å². The summed E-state index contributed by atoms with van der Waals surface area (Å²) in [4.78, 5) is 16.2. The fraction of sp³-hybridized carbons (Fsp3) is 0.600. The fourth-order valence-corrected chi connectivity index (χ4v) is 4.23. The minimum Gasteiger partial charge on any atom is -0.310 e. The Morgan fingerprint density at radius 3 is 2.83 bits per heavy atom. The van der Waals surface area contributed by atoms with Gasteiger partial charge in [-0.15, -0.1) is 0 Å². The molecular formula is C15H24N4O3S. The second kappa shape index (κ2) is 7.37. The first-order valence-corrected chi connectivity index (χ1v) is 9.17. The molecule has 0 aromatic carbocycles. The van der Waals surface area contributed by atoms with Crippen LogP contribution >= 0.6 is 0 Å². The first-order valence-electron chi connectivity index (χ1n) is 7.77. The summed E-state index contributed by atoms with van der Waals surface area (Å²) in [6.07, 6.45) is 2.75. The maximum atomic E-state index is 12.6. The van der Waals surface area contributed by atoms with Gasteiger partial charge in [0.05, 0.1) is 6.54 Å². The first-order chi connectivity index (χ1) is 10.8. The minimum atomic E-state index is -3.62. The number of nitrogens with one attached hydrogen (secondary N) is 1. The number of rotatable bonds is 5. The summed E-state index contributed by atoms with van der Waals surface area (Å²) in [5.41, 5.74) is 0.783. The number of aromatic nitrogens is 1. The second-order valence-corrected chi connectivity index (χ2v) is 7.92.